The van der Waals surface area contributed by atoms with Crippen molar-refractivity contribution in [2.45, 2.75) is 4.90 Å². The maximum atomic E-state index is 12.5. The fourth-order valence-corrected chi connectivity index (χ4v) is 3.44. The smallest absolute Gasteiger partial charge is 0.261 e. The molecule has 0 amide bonds. The lowest BCUT2D eigenvalue weighted by Crippen LogP contribution is -2.13. The van der Waals surface area contributed by atoms with Crippen LogP contribution in [-0.2, 0) is 10.0 Å². The zero-order valence-electron chi connectivity index (χ0n) is 13.2. The molecule has 0 radical (unpaired) electrons. The van der Waals surface area contributed by atoms with Gasteiger partial charge in [0, 0.05) is 29.6 Å². The summed E-state index contributed by atoms with van der Waals surface area (Å²) in [5.74, 6) is 0.482. The number of nitrogens with zero attached hydrogens (tertiary/aromatic N) is 2. The van der Waals surface area contributed by atoms with Gasteiger partial charge < -0.3 is 4.74 Å². The second kappa shape index (κ2) is 7.08. The Hall–Kier alpha value is -2.64. The maximum absolute atomic E-state index is 12.5. The van der Waals surface area contributed by atoms with Crippen molar-refractivity contribution < 1.29 is 13.2 Å². The van der Waals surface area contributed by atoms with Crippen LogP contribution in [-0.4, -0.2) is 25.5 Å². The van der Waals surface area contributed by atoms with Crippen molar-refractivity contribution in [3.05, 3.63) is 66.1 Å². The van der Waals surface area contributed by atoms with E-state index in [4.69, 9.17) is 16.3 Å². The van der Waals surface area contributed by atoms with E-state index in [1.165, 1.54) is 19.2 Å². The van der Waals surface area contributed by atoms with E-state index < -0.39 is 10.0 Å². The SMILES string of the molecule is COc1ccc(-c2cnc(Cl)c(NS(=O)(=O)c3ccccc3)c2)cn1. The number of pyridine rings is 2. The summed E-state index contributed by atoms with van der Waals surface area (Å²) in [6, 6.07) is 13.2. The summed E-state index contributed by atoms with van der Waals surface area (Å²) in [6.45, 7) is 0. The molecule has 0 saturated heterocycles. The molecule has 2 aromatic heterocycles. The third-order valence-electron chi connectivity index (χ3n) is 3.42. The fraction of sp³-hybridized carbons (Fsp3) is 0.0588. The van der Waals surface area contributed by atoms with Crippen molar-refractivity contribution in [3.63, 3.8) is 0 Å². The molecule has 0 atom stereocenters. The molecule has 3 rings (SSSR count). The molecule has 3 aromatic rings. The van der Waals surface area contributed by atoms with E-state index in [2.05, 4.69) is 14.7 Å². The third-order valence-corrected chi connectivity index (χ3v) is 5.10. The van der Waals surface area contributed by atoms with Crippen LogP contribution in [0.3, 0.4) is 0 Å². The fourth-order valence-electron chi connectivity index (χ4n) is 2.15. The third kappa shape index (κ3) is 3.89. The number of sulfonamides is 1. The number of hydrogen-bond donors (Lipinski definition) is 1. The summed E-state index contributed by atoms with van der Waals surface area (Å²) in [6.07, 6.45) is 3.16. The number of methoxy groups -OCH3 is 1. The van der Waals surface area contributed by atoms with Crippen molar-refractivity contribution in [2.75, 3.05) is 11.8 Å². The molecule has 0 aliphatic carbocycles. The van der Waals surface area contributed by atoms with E-state index in [1.54, 1.807) is 48.8 Å². The number of halogens is 1. The minimum Gasteiger partial charge on any atom is -0.481 e. The van der Waals surface area contributed by atoms with Gasteiger partial charge in [0.25, 0.3) is 10.0 Å². The van der Waals surface area contributed by atoms with Crippen LogP contribution in [0, 0.1) is 0 Å². The van der Waals surface area contributed by atoms with Gasteiger partial charge in [0.05, 0.1) is 17.7 Å². The van der Waals surface area contributed by atoms with Gasteiger partial charge >= 0.3 is 0 Å². The van der Waals surface area contributed by atoms with Gasteiger partial charge in [0.15, 0.2) is 5.15 Å². The Balaban J connectivity index is 1.94. The van der Waals surface area contributed by atoms with E-state index >= 15 is 0 Å². The highest BCUT2D eigenvalue weighted by Crippen LogP contribution is 2.28. The first kappa shape index (κ1) is 17.2. The highest BCUT2D eigenvalue weighted by atomic mass is 35.5. The molecule has 8 heteroatoms. The first-order valence-corrected chi connectivity index (χ1v) is 9.09. The van der Waals surface area contributed by atoms with Crippen LogP contribution in [0.4, 0.5) is 5.69 Å². The molecule has 1 aromatic carbocycles. The molecular formula is C17H14ClN3O3S. The summed E-state index contributed by atoms with van der Waals surface area (Å²) in [5, 5.41) is 0.0599. The molecule has 0 aliphatic rings. The largest absolute Gasteiger partial charge is 0.481 e. The van der Waals surface area contributed by atoms with Gasteiger partial charge in [-0.15, -0.1) is 0 Å². The molecular weight excluding hydrogens is 362 g/mol. The van der Waals surface area contributed by atoms with E-state index in [0.717, 1.165) is 5.56 Å². The maximum Gasteiger partial charge on any atom is 0.261 e. The molecule has 1 N–H and O–H groups in total. The van der Waals surface area contributed by atoms with E-state index in [1.807, 2.05) is 0 Å². The normalized spacial score (nSPS) is 11.1. The molecule has 0 unspecified atom stereocenters. The Morgan fingerprint density at radius 1 is 1.00 bits per heavy atom. The number of nitrogens with one attached hydrogen (secondary N) is 1. The molecule has 0 aliphatic heterocycles. The van der Waals surface area contributed by atoms with Gasteiger partial charge in [0.1, 0.15) is 0 Å². The van der Waals surface area contributed by atoms with Crippen molar-refractivity contribution in [1.82, 2.24) is 9.97 Å². The number of hydrogen-bond acceptors (Lipinski definition) is 5. The first-order valence-electron chi connectivity index (χ1n) is 7.23. The minimum atomic E-state index is -3.76. The number of aromatic nitrogens is 2. The van der Waals surface area contributed by atoms with Crippen molar-refractivity contribution >= 4 is 27.3 Å². The molecule has 25 heavy (non-hydrogen) atoms. The Labute approximate surface area is 150 Å². The summed E-state index contributed by atoms with van der Waals surface area (Å²) < 4.78 is 32.4. The van der Waals surface area contributed by atoms with Crippen LogP contribution in [0.2, 0.25) is 5.15 Å². The van der Waals surface area contributed by atoms with Crippen LogP contribution >= 0.6 is 11.6 Å². The van der Waals surface area contributed by atoms with Gasteiger partial charge in [-0.2, -0.15) is 0 Å². The van der Waals surface area contributed by atoms with Gasteiger partial charge in [-0.1, -0.05) is 29.8 Å². The average Bonchev–Trinajstić information content (AvgIpc) is 2.64. The number of ether oxygens (including phenoxy) is 1. The second-order valence-electron chi connectivity index (χ2n) is 5.07. The van der Waals surface area contributed by atoms with Crippen LogP contribution in [0.15, 0.2) is 65.8 Å². The molecule has 128 valence electrons. The predicted molar refractivity (Wildman–Crippen MR) is 96.3 cm³/mol. The van der Waals surface area contributed by atoms with Gasteiger partial charge in [-0.25, -0.2) is 18.4 Å². The molecule has 6 nitrogen and oxygen atoms in total. The standard InChI is InChI=1S/C17H14ClN3O3S/c1-24-16-8-7-12(10-19-16)13-9-15(17(18)20-11-13)21-25(22,23)14-5-3-2-4-6-14/h2-11,21H,1H3. The van der Waals surface area contributed by atoms with Gasteiger partial charge in [0.2, 0.25) is 5.88 Å². The zero-order chi connectivity index (χ0) is 17.9. The van der Waals surface area contributed by atoms with E-state index in [-0.39, 0.29) is 15.7 Å². The Kier molecular flexibility index (Phi) is 4.87. The van der Waals surface area contributed by atoms with Crippen LogP contribution < -0.4 is 9.46 Å². The predicted octanol–water partition coefficient (Wildman–Crippen LogP) is 3.61. The number of rotatable bonds is 5. The van der Waals surface area contributed by atoms with Crippen LogP contribution in [0.5, 0.6) is 5.88 Å². The summed E-state index contributed by atoms with van der Waals surface area (Å²) in [4.78, 5) is 8.32. The molecule has 0 fully saturated rings. The molecule has 2 heterocycles. The average molecular weight is 376 g/mol. The lowest BCUT2D eigenvalue weighted by Gasteiger charge is -2.11. The quantitative estimate of drug-likeness (QED) is 0.689. The van der Waals surface area contributed by atoms with Crippen molar-refractivity contribution in [1.29, 1.82) is 0 Å². The topological polar surface area (TPSA) is 81.2 Å². The van der Waals surface area contributed by atoms with Crippen molar-refractivity contribution in [3.8, 4) is 17.0 Å². The summed E-state index contributed by atoms with van der Waals surface area (Å²) in [5.41, 5.74) is 1.62. The lowest BCUT2D eigenvalue weighted by atomic mass is 10.1. The Morgan fingerprint density at radius 3 is 2.36 bits per heavy atom. The summed E-state index contributed by atoms with van der Waals surface area (Å²) >= 11 is 6.05. The van der Waals surface area contributed by atoms with E-state index in [9.17, 15) is 8.42 Å². The van der Waals surface area contributed by atoms with Gasteiger partial charge in [-0.05, 0) is 24.3 Å². The molecule has 0 bridgehead atoms. The molecule has 0 spiro atoms. The number of anilines is 1. The molecule has 0 saturated carbocycles. The monoisotopic (exact) mass is 375 g/mol. The lowest BCUT2D eigenvalue weighted by molar-refractivity contribution is 0.398. The van der Waals surface area contributed by atoms with Gasteiger partial charge in [-0.3, -0.25) is 4.72 Å². The number of benzene rings is 1. The Bertz CT molecular complexity index is 978. The zero-order valence-corrected chi connectivity index (χ0v) is 14.8. The Morgan fingerprint density at radius 2 is 1.72 bits per heavy atom. The van der Waals surface area contributed by atoms with Crippen molar-refractivity contribution in [2.24, 2.45) is 0 Å². The highest BCUT2D eigenvalue weighted by Gasteiger charge is 2.16. The second-order valence-corrected chi connectivity index (χ2v) is 7.11. The van der Waals surface area contributed by atoms with E-state index in [0.29, 0.717) is 11.4 Å². The van der Waals surface area contributed by atoms with Crippen LogP contribution in [0.25, 0.3) is 11.1 Å². The minimum absolute atomic E-state index is 0.0599. The first-order chi connectivity index (χ1) is 12.0. The summed E-state index contributed by atoms with van der Waals surface area (Å²) in [7, 11) is -2.23. The highest BCUT2D eigenvalue weighted by molar-refractivity contribution is 7.92. The van der Waals surface area contributed by atoms with Crippen LogP contribution in [0.1, 0.15) is 0 Å².